The predicted octanol–water partition coefficient (Wildman–Crippen LogP) is 8.57. The van der Waals surface area contributed by atoms with Gasteiger partial charge in [0.1, 0.15) is 5.75 Å². The van der Waals surface area contributed by atoms with Crippen molar-refractivity contribution in [2.45, 2.75) is 90.9 Å². The van der Waals surface area contributed by atoms with Gasteiger partial charge in [-0.15, -0.1) is 0 Å². The number of hydrogen-bond acceptors (Lipinski definition) is 3. The number of aromatic nitrogens is 1. The van der Waals surface area contributed by atoms with Crippen LogP contribution in [0.15, 0.2) is 54.7 Å². The topological polar surface area (TPSA) is 31.4 Å². The summed E-state index contributed by atoms with van der Waals surface area (Å²) in [6.45, 7) is 6.93. The van der Waals surface area contributed by atoms with E-state index in [9.17, 15) is 0 Å². The van der Waals surface area contributed by atoms with Crippen LogP contribution in [0.2, 0.25) is 0 Å². The summed E-state index contributed by atoms with van der Waals surface area (Å²) in [7, 11) is 0. The molecule has 1 aromatic carbocycles. The van der Waals surface area contributed by atoms with E-state index in [-0.39, 0.29) is 0 Å². The Balaban J connectivity index is 1.61. The molecule has 0 bridgehead atoms. The van der Waals surface area contributed by atoms with Crippen LogP contribution in [0.5, 0.6) is 5.75 Å². The molecule has 0 radical (unpaired) electrons. The largest absolute Gasteiger partial charge is 0.492 e. The fraction of sp³-hybridized carbons (Fsp3) is 0.567. The van der Waals surface area contributed by atoms with E-state index in [1.54, 1.807) is 0 Å². The van der Waals surface area contributed by atoms with Crippen LogP contribution in [0.1, 0.15) is 90.0 Å². The number of allylic oxidation sites excluding steroid dienone is 2. The van der Waals surface area contributed by atoms with Crippen LogP contribution < -0.4 is 4.74 Å². The molecule has 0 amide bonds. The number of ether oxygens (including phenoxy) is 2. The first kappa shape index (κ1) is 27.1. The molecule has 1 heterocycles. The molecule has 0 atom stereocenters. The van der Waals surface area contributed by atoms with Crippen molar-refractivity contribution in [1.82, 2.24) is 4.98 Å². The molecular weight excluding hydrogens is 406 g/mol. The summed E-state index contributed by atoms with van der Waals surface area (Å²) >= 11 is 0. The number of unbranched alkanes of at least 4 members (excludes halogenated alkanes) is 7. The molecule has 0 saturated carbocycles. The van der Waals surface area contributed by atoms with E-state index in [4.69, 9.17) is 9.47 Å². The van der Waals surface area contributed by atoms with Crippen molar-refractivity contribution < 1.29 is 9.47 Å². The zero-order valence-electron chi connectivity index (χ0n) is 21.1. The Morgan fingerprint density at radius 3 is 2.21 bits per heavy atom. The van der Waals surface area contributed by atoms with Crippen LogP contribution in [0.3, 0.4) is 0 Å². The molecule has 0 spiro atoms. The minimum absolute atomic E-state index is 0.737. The van der Waals surface area contributed by atoms with Crippen molar-refractivity contribution in [3.05, 3.63) is 60.3 Å². The Morgan fingerprint density at radius 2 is 1.48 bits per heavy atom. The van der Waals surface area contributed by atoms with E-state index in [0.717, 1.165) is 68.9 Å². The third-order valence-electron chi connectivity index (χ3n) is 5.76. The number of rotatable bonds is 19. The number of nitrogens with zero attached hydrogens (tertiary/aromatic N) is 1. The summed E-state index contributed by atoms with van der Waals surface area (Å²) in [5.74, 6) is 0.849. The van der Waals surface area contributed by atoms with Crippen molar-refractivity contribution in [2.75, 3.05) is 19.8 Å². The van der Waals surface area contributed by atoms with Crippen LogP contribution in [0, 0.1) is 0 Å². The maximum absolute atomic E-state index is 5.86. The van der Waals surface area contributed by atoms with E-state index >= 15 is 0 Å². The van der Waals surface area contributed by atoms with E-state index in [2.05, 4.69) is 61.3 Å². The molecule has 0 aliphatic heterocycles. The Hall–Kier alpha value is -2.13. The van der Waals surface area contributed by atoms with Gasteiger partial charge in [0.25, 0.3) is 0 Å². The molecule has 0 aliphatic carbocycles. The fourth-order valence-corrected chi connectivity index (χ4v) is 3.75. The SMILES string of the molecule is CCCCCCC=CCCCOc1ccc(-c2ccc(CCCCCOCCC)cc2)nc1. The molecule has 3 nitrogen and oxygen atoms in total. The second-order valence-corrected chi connectivity index (χ2v) is 8.81. The van der Waals surface area contributed by atoms with Gasteiger partial charge in [-0.05, 0) is 69.1 Å². The monoisotopic (exact) mass is 451 g/mol. The molecule has 0 aliphatic rings. The van der Waals surface area contributed by atoms with Gasteiger partial charge in [-0.2, -0.15) is 0 Å². The Labute approximate surface area is 202 Å². The van der Waals surface area contributed by atoms with Gasteiger partial charge in [-0.25, -0.2) is 0 Å². The van der Waals surface area contributed by atoms with Crippen LogP contribution in [-0.4, -0.2) is 24.8 Å². The van der Waals surface area contributed by atoms with Gasteiger partial charge >= 0.3 is 0 Å². The average molecular weight is 452 g/mol. The van der Waals surface area contributed by atoms with Gasteiger partial charge in [0.15, 0.2) is 0 Å². The lowest BCUT2D eigenvalue weighted by Gasteiger charge is -2.07. The Kier molecular flexibility index (Phi) is 15.0. The maximum Gasteiger partial charge on any atom is 0.137 e. The van der Waals surface area contributed by atoms with Gasteiger partial charge in [0.2, 0.25) is 0 Å². The second-order valence-electron chi connectivity index (χ2n) is 8.81. The highest BCUT2D eigenvalue weighted by atomic mass is 16.5. The third kappa shape index (κ3) is 12.6. The van der Waals surface area contributed by atoms with Crippen molar-refractivity contribution in [2.24, 2.45) is 0 Å². The van der Waals surface area contributed by atoms with Crippen molar-refractivity contribution >= 4 is 0 Å². The quantitative estimate of drug-likeness (QED) is 0.158. The molecule has 33 heavy (non-hydrogen) atoms. The average Bonchev–Trinajstić information content (AvgIpc) is 2.85. The second kappa shape index (κ2) is 18.3. The van der Waals surface area contributed by atoms with E-state index < -0.39 is 0 Å². The maximum atomic E-state index is 5.86. The van der Waals surface area contributed by atoms with Crippen molar-refractivity contribution in [1.29, 1.82) is 0 Å². The highest BCUT2D eigenvalue weighted by molar-refractivity contribution is 5.59. The van der Waals surface area contributed by atoms with Crippen molar-refractivity contribution in [3.63, 3.8) is 0 Å². The third-order valence-corrected chi connectivity index (χ3v) is 5.76. The first-order valence-corrected chi connectivity index (χ1v) is 13.2. The lowest BCUT2D eigenvalue weighted by Crippen LogP contribution is -1.97. The summed E-state index contributed by atoms with van der Waals surface area (Å²) in [4.78, 5) is 4.60. The highest BCUT2D eigenvalue weighted by Crippen LogP contribution is 2.21. The van der Waals surface area contributed by atoms with Gasteiger partial charge in [0.05, 0.1) is 18.5 Å². The number of aryl methyl sites for hydroxylation is 1. The summed E-state index contributed by atoms with van der Waals surface area (Å²) < 4.78 is 11.4. The molecule has 3 heteroatoms. The molecule has 0 N–H and O–H groups in total. The number of benzene rings is 1. The van der Waals surface area contributed by atoms with Crippen LogP contribution >= 0.6 is 0 Å². The summed E-state index contributed by atoms with van der Waals surface area (Å²) in [6.07, 6.45) is 21.0. The van der Waals surface area contributed by atoms with Crippen LogP contribution in [-0.2, 0) is 11.2 Å². The summed E-state index contributed by atoms with van der Waals surface area (Å²) in [5, 5.41) is 0. The van der Waals surface area contributed by atoms with E-state index in [0.29, 0.717) is 0 Å². The van der Waals surface area contributed by atoms with E-state index in [1.807, 2.05) is 12.3 Å². The van der Waals surface area contributed by atoms with E-state index in [1.165, 1.54) is 50.5 Å². The summed E-state index contributed by atoms with van der Waals surface area (Å²) in [5.41, 5.74) is 3.54. The normalized spacial score (nSPS) is 11.3. The van der Waals surface area contributed by atoms with Gasteiger partial charge in [-0.1, -0.05) is 75.9 Å². The summed E-state index contributed by atoms with van der Waals surface area (Å²) in [6, 6.07) is 12.9. The molecule has 0 unspecified atom stereocenters. The lowest BCUT2D eigenvalue weighted by atomic mass is 10.0. The molecule has 182 valence electrons. The zero-order valence-corrected chi connectivity index (χ0v) is 21.1. The van der Waals surface area contributed by atoms with Gasteiger partial charge in [0, 0.05) is 18.8 Å². The smallest absolute Gasteiger partial charge is 0.137 e. The molecule has 0 saturated heterocycles. The fourth-order valence-electron chi connectivity index (χ4n) is 3.75. The van der Waals surface area contributed by atoms with Gasteiger partial charge in [-0.3, -0.25) is 4.98 Å². The highest BCUT2D eigenvalue weighted by Gasteiger charge is 2.02. The predicted molar refractivity (Wildman–Crippen MR) is 141 cm³/mol. The molecule has 2 aromatic rings. The standard InChI is InChI=1S/C30H45NO2/c1-3-5-6-7-8-9-10-11-15-25-33-29-21-22-30(31-26-29)28-19-17-27(18-20-28)16-13-12-14-24-32-23-4-2/h9-10,17-22,26H,3-8,11-16,23-25H2,1-2H3. The van der Waals surface area contributed by atoms with Crippen LogP contribution in [0.25, 0.3) is 11.3 Å². The molecule has 0 fully saturated rings. The van der Waals surface area contributed by atoms with Crippen molar-refractivity contribution in [3.8, 4) is 17.0 Å². The number of pyridine rings is 1. The molecule has 1 aromatic heterocycles. The minimum atomic E-state index is 0.737. The molecular formula is C30H45NO2. The van der Waals surface area contributed by atoms with Gasteiger partial charge < -0.3 is 9.47 Å². The molecule has 2 rings (SSSR count). The Bertz CT molecular complexity index is 737. The lowest BCUT2D eigenvalue weighted by molar-refractivity contribution is 0.130. The number of hydrogen-bond donors (Lipinski definition) is 0. The van der Waals surface area contributed by atoms with Crippen LogP contribution in [0.4, 0.5) is 0 Å². The zero-order chi connectivity index (χ0) is 23.4. The first-order chi connectivity index (χ1) is 16.3. The first-order valence-electron chi connectivity index (χ1n) is 13.2. The minimum Gasteiger partial charge on any atom is -0.492 e. The Morgan fingerprint density at radius 1 is 0.697 bits per heavy atom.